The van der Waals surface area contributed by atoms with Gasteiger partial charge in [-0.25, -0.2) is 4.98 Å². The Balaban J connectivity index is 1.66. The lowest BCUT2D eigenvalue weighted by Crippen LogP contribution is -2.10. The van der Waals surface area contributed by atoms with Gasteiger partial charge < -0.3 is 5.32 Å². The number of nitro benzene ring substituents is 1. The van der Waals surface area contributed by atoms with E-state index in [4.69, 9.17) is 0 Å². The molecule has 0 spiro atoms. The monoisotopic (exact) mass is 349 g/mol. The first-order valence-electron chi connectivity index (χ1n) is 7.45. The van der Waals surface area contributed by atoms with Gasteiger partial charge in [-0.3, -0.25) is 14.9 Å². The molecule has 0 fully saturated rings. The summed E-state index contributed by atoms with van der Waals surface area (Å²) in [5.74, 6) is -0.312. The average molecular weight is 349 g/mol. The molecule has 0 atom stereocenters. The summed E-state index contributed by atoms with van der Waals surface area (Å²) in [5, 5.41) is 15.4. The Labute approximate surface area is 145 Å². The SMILES string of the molecule is O=C(Nc1cccc([N+](=O)[O-])c1)c1cc2cc3ccccc3nc2s1. The highest BCUT2D eigenvalue weighted by atomic mass is 32.1. The number of pyridine rings is 1. The zero-order valence-corrected chi connectivity index (χ0v) is 13.6. The van der Waals surface area contributed by atoms with Gasteiger partial charge in [-0.2, -0.15) is 0 Å². The van der Waals surface area contributed by atoms with Crippen LogP contribution in [0.1, 0.15) is 9.67 Å². The number of fused-ring (bicyclic) bond motifs is 2. The van der Waals surface area contributed by atoms with Crippen LogP contribution in [0.3, 0.4) is 0 Å². The van der Waals surface area contributed by atoms with Crippen LogP contribution in [0.25, 0.3) is 21.1 Å². The summed E-state index contributed by atoms with van der Waals surface area (Å²) < 4.78 is 0. The number of carbonyl (C=O) groups is 1. The Morgan fingerprint density at radius 2 is 1.88 bits per heavy atom. The molecule has 4 aromatic rings. The molecule has 7 heteroatoms. The molecule has 0 radical (unpaired) electrons. The fraction of sp³-hybridized carbons (Fsp3) is 0. The lowest BCUT2D eigenvalue weighted by molar-refractivity contribution is -0.384. The second kappa shape index (κ2) is 5.95. The van der Waals surface area contributed by atoms with E-state index >= 15 is 0 Å². The van der Waals surface area contributed by atoms with E-state index in [2.05, 4.69) is 10.3 Å². The smallest absolute Gasteiger partial charge is 0.271 e. The zero-order valence-electron chi connectivity index (χ0n) is 12.8. The van der Waals surface area contributed by atoms with Crippen LogP contribution in [-0.2, 0) is 0 Å². The van der Waals surface area contributed by atoms with E-state index < -0.39 is 4.92 Å². The molecule has 0 aliphatic heterocycles. The number of nitrogens with one attached hydrogen (secondary N) is 1. The third-order valence-electron chi connectivity index (χ3n) is 3.75. The molecule has 6 nitrogen and oxygen atoms in total. The molecule has 25 heavy (non-hydrogen) atoms. The van der Waals surface area contributed by atoms with Crippen molar-refractivity contribution in [2.24, 2.45) is 0 Å². The first-order valence-corrected chi connectivity index (χ1v) is 8.27. The van der Waals surface area contributed by atoms with Crippen LogP contribution in [0.15, 0.2) is 60.7 Å². The molecule has 0 bridgehead atoms. The van der Waals surface area contributed by atoms with Gasteiger partial charge in [0.25, 0.3) is 11.6 Å². The fourth-order valence-corrected chi connectivity index (χ4v) is 3.49. The molecule has 2 heterocycles. The number of rotatable bonds is 3. The van der Waals surface area contributed by atoms with Crippen molar-refractivity contribution in [1.82, 2.24) is 4.98 Å². The van der Waals surface area contributed by atoms with Gasteiger partial charge in [0, 0.05) is 28.6 Å². The van der Waals surface area contributed by atoms with Crippen LogP contribution in [0, 0.1) is 10.1 Å². The summed E-state index contributed by atoms with van der Waals surface area (Å²) in [4.78, 5) is 28.7. The lowest BCUT2D eigenvalue weighted by atomic mass is 10.2. The second-order valence-corrected chi connectivity index (χ2v) is 6.48. The quantitative estimate of drug-likeness (QED) is 0.432. The molecule has 0 aliphatic rings. The van der Waals surface area contributed by atoms with Crippen molar-refractivity contribution in [1.29, 1.82) is 0 Å². The van der Waals surface area contributed by atoms with Crippen molar-refractivity contribution in [3.8, 4) is 0 Å². The number of non-ortho nitro benzene ring substituents is 1. The van der Waals surface area contributed by atoms with Crippen molar-refractivity contribution in [2.75, 3.05) is 5.32 Å². The largest absolute Gasteiger partial charge is 0.321 e. The number of hydrogen-bond donors (Lipinski definition) is 1. The number of thiophene rings is 1. The van der Waals surface area contributed by atoms with E-state index in [1.165, 1.54) is 29.5 Å². The predicted octanol–water partition coefficient (Wildman–Crippen LogP) is 4.61. The first-order chi connectivity index (χ1) is 12.1. The maximum absolute atomic E-state index is 12.5. The van der Waals surface area contributed by atoms with Crippen molar-refractivity contribution in [3.05, 3.63) is 75.7 Å². The van der Waals surface area contributed by atoms with Crippen molar-refractivity contribution in [2.45, 2.75) is 0 Å². The normalized spacial score (nSPS) is 10.9. The number of aromatic nitrogens is 1. The van der Waals surface area contributed by atoms with Crippen LogP contribution in [0.4, 0.5) is 11.4 Å². The van der Waals surface area contributed by atoms with E-state index in [0.29, 0.717) is 10.6 Å². The topological polar surface area (TPSA) is 85.1 Å². The Morgan fingerprint density at radius 1 is 1.04 bits per heavy atom. The number of anilines is 1. The van der Waals surface area contributed by atoms with Crippen LogP contribution in [0.2, 0.25) is 0 Å². The van der Waals surface area contributed by atoms with Gasteiger partial charge in [0.1, 0.15) is 4.83 Å². The molecule has 1 N–H and O–H groups in total. The van der Waals surface area contributed by atoms with E-state index in [9.17, 15) is 14.9 Å². The number of carbonyl (C=O) groups excluding carboxylic acids is 1. The van der Waals surface area contributed by atoms with Gasteiger partial charge in [0.2, 0.25) is 0 Å². The number of benzene rings is 2. The number of amides is 1. The molecule has 122 valence electrons. The minimum Gasteiger partial charge on any atom is -0.321 e. The number of nitro groups is 1. The van der Waals surface area contributed by atoms with Gasteiger partial charge >= 0.3 is 0 Å². The van der Waals surface area contributed by atoms with Gasteiger partial charge in [-0.1, -0.05) is 24.3 Å². The van der Waals surface area contributed by atoms with Gasteiger partial charge in [0.05, 0.1) is 15.3 Å². The molecule has 0 aliphatic carbocycles. The molecule has 1 amide bonds. The lowest BCUT2D eigenvalue weighted by Gasteiger charge is -2.02. The molecule has 0 saturated carbocycles. The Hall–Kier alpha value is -3.32. The predicted molar refractivity (Wildman–Crippen MR) is 98.2 cm³/mol. The summed E-state index contributed by atoms with van der Waals surface area (Å²) in [7, 11) is 0. The first kappa shape index (κ1) is 15.2. The van der Waals surface area contributed by atoms with Crippen molar-refractivity contribution < 1.29 is 9.72 Å². The molecular formula is C18H11N3O3S. The van der Waals surface area contributed by atoms with Gasteiger partial charge in [0.15, 0.2) is 0 Å². The molecular weight excluding hydrogens is 338 g/mol. The highest BCUT2D eigenvalue weighted by molar-refractivity contribution is 7.20. The Bertz CT molecular complexity index is 1080. The second-order valence-electron chi connectivity index (χ2n) is 5.45. The Kier molecular flexibility index (Phi) is 3.62. The summed E-state index contributed by atoms with van der Waals surface area (Å²) in [6.45, 7) is 0. The zero-order chi connectivity index (χ0) is 17.4. The minimum atomic E-state index is -0.495. The molecule has 2 aromatic carbocycles. The van der Waals surface area contributed by atoms with E-state index in [-0.39, 0.29) is 11.6 Å². The maximum Gasteiger partial charge on any atom is 0.271 e. The van der Waals surface area contributed by atoms with E-state index in [0.717, 1.165) is 21.1 Å². The van der Waals surface area contributed by atoms with Crippen molar-refractivity contribution >= 4 is 49.7 Å². The fourth-order valence-electron chi connectivity index (χ4n) is 2.58. The van der Waals surface area contributed by atoms with Gasteiger partial charge in [-0.15, -0.1) is 11.3 Å². The van der Waals surface area contributed by atoms with Crippen LogP contribution in [0.5, 0.6) is 0 Å². The van der Waals surface area contributed by atoms with Crippen molar-refractivity contribution in [3.63, 3.8) is 0 Å². The van der Waals surface area contributed by atoms with Crippen LogP contribution in [-0.4, -0.2) is 15.8 Å². The average Bonchev–Trinajstić information content (AvgIpc) is 3.03. The highest BCUT2D eigenvalue weighted by Gasteiger charge is 2.13. The molecule has 0 unspecified atom stereocenters. The van der Waals surface area contributed by atoms with Crippen LogP contribution < -0.4 is 5.32 Å². The minimum absolute atomic E-state index is 0.0675. The summed E-state index contributed by atoms with van der Waals surface area (Å²) >= 11 is 1.29. The molecule has 2 aromatic heterocycles. The van der Waals surface area contributed by atoms with E-state index in [1.54, 1.807) is 12.1 Å². The number of hydrogen-bond acceptors (Lipinski definition) is 5. The van der Waals surface area contributed by atoms with E-state index in [1.807, 2.05) is 30.3 Å². The Morgan fingerprint density at radius 3 is 2.72 bits per heavy atom. The third-order valence-corrected chi connectivity index (χ3v) is 4.79. The summed E-state index contributed by atoms with van der Waals surface area (Å²) in [5.41, 5.74) is 1.19. The highest BCUT2D eigenvalue weighted by Crippen LogP contribution is 2.28. The number of para-hydroxylation sites is 1. The third kappa shape index (κ3) is 2.92. The van der Waals surface area contributed by atoms with Crippen LogP contribution >= 0.6 is 11.3 Å². The van der Waals surface area contributed by atoms with Gasteiger partial charge in [-0.05, 0) is 24.3 Å². The maximum atomic E-state index is 12.5. The molecule has 0 saturated heterocycles. The molecule has 4 rings (SSSR count). The summed E-state index contributed by atoms with van der Waals surface area (Å²) in [6, 6.07) is 17.4. The number of nitrogens with zero attached hydrogens (tertiary/aromatic N) is 2. The summed E-state index contributed by atoms with van der Waals surface area (Å²) in [6.07, 6.45) is 0. The standard InChI is InChI=1S/C18H11N3O3S/c22-17(19-13-5-3-6-14(10-13)21(23)24)16-9-12-8-11-4-1-2-7-15(11)20-18(12)25-16/h1-10H,(H,19,22).